The van der Waals surface area contributed by atoms with Crippen LogP contribution in [0, 0.1) is 11.8 Å². The second-order valence-corrected chi connectivity index (χ2v) is 12.0. The van der Waals surface area contributed by atoms with Crippen LogP contribution in [0.4, 0.5) is 27.8 Å². The number of nitrogens with zero attached hydrogens (tertiary/aromatic N) is 4. The van der Waals surface area contributed by atoms with Crippen molar-refractivity contribution in [3.05, 3.63) is 52.7 Å². The van der Waals surface area contributed by atoms with Crippen molar-refractivity contribution in [2.75, 3.05) is 52.3 Å². The zero-order valence-corrected chi connectivity index (χ0v) is 25.5. The maximum absolute atomic E-state index is 14.9. The highest BCUT2D eigenvalue weighted by molar-refractivity contribution is 6.32. The van der Waals surface area contributed by atoms with Gasteiger partial charge in [-0.1, -0.05) is 23.7 Å². The van der Waals surface area contributed by atoms with Crippen LogP contribution in [0.2, 0.25) is 5.15 Å². The van der Waals surface area contributed by atoms with Gasteiger partial charge in [-0.3, -0.25) is 9.59 Å². The van der Waals surface area contributed by atoms with E-state index in [0.29, 0.717) is 43.2 Å². The fourth-order valence-electron chi connectivity index (χ4n) is 5.96. The third-order valence-electron chi connectivity index (χ3n) is 8.58. The minimum Gasteiger partial charge on any atom is -0.497 e. The van der Waals surface area contributed by atoms with Gasteiger partial charge in [-0.05, 0) is 68.2 Å². The van der Waals surface area contributed by atoms with Gasteiger partial charge in [0, 0.05) is 45.8 Å². The molecule has 2 aromatic rings. The number of hydrogen-bond donors (Lipinski definition) is 1. The highest BCUT2D eigenvalue weighted by Gasteiger charge is 2.74. The number of carbonyl (C=O) groups is 2. The smallest absolute Gasteiger partial charge is 0.457 e. The van der Waals surface area contributed by atoms with Crippen molar-refractivity contribution in [2.24, 2.45) is 11.8 Å². The summed E-state index contributed by atoms with van der Waals surface area (Å²) >= 11 is 6.27. The number of alkyl halides is 5. The summed E-state index contributed by atoms with van der Waals surface area (Å²) in [5, 5.41) is 11.1. The first-order valence-corrected chi connectivity index (χ1v) is 14.7. The number of amides is 2. The van der Waals surface area contributed by atoms with Crippen LogP contribution < -0.4 is 9.64 Å². The molecule has 0 bridgehead atoms. The fraction of sp³-hybridized carbons (Fsp3) is 0.567. The molecule has 2 saturated heterocycles. The lowest BCUT2D eigenvalue weighted by Gasteiger charge is -2.42. The Bertz CT molecular complexity index is 1340. The summed E-state index contributed by atoms with van der Waals surface area (Å²) in [5.41, 5.74) is -4.73. The van der Waals surface area contributed by atoms with Crippen molar-refractivity contribution < 1.29 is 41.4 Å². The molecule has 14 heteroatoms. The van der Waals surface area contributed by atoms with Gasteiger partial charge in [0.25, 0.3) is 11.8 Å². The Kier molecular flexibility index (Phi) is 9.99. The number of pyridine rings is 1. The van der Waals surface area contributed by atoms with E-state index in [1.54, 1.807) is 26.2 Å². The number of likely N-dealkylation sites (tertiary alicyclic amines) is 1. The Morgan fingerprint density at radius 1 is 1.00 bits per heavy atom. The molecule has 2 aliphatic heterocycles. The second kappa shape index (κ2) is 13.0. The predicted octanol–water partition coefficient (Wildman–Crippen LogP) is 5.38. The maximum atomic E-state index is 14.9. The quantitative estimate of drug-likeness (QED) is 0.307. The molecule has 242 valence electrons. The molecule has 0 radical (unpaired) electrons. The first-order chi connectivity index (χ1) is 20.6. The van der Waals surface area contributed by atoms with Gasteiger partial charge < -0.3 is 24.5 Å². The SMILES string of the molecule is COc1cccc([C@@](O)(C(=O)N2CCC(CC3CCN(c4ccc(C(=O)N(C)C)c(Cl)n4)CC3)CC2)C(F)(F)C(F)(F)F)c1. The first kappa shape index (κ1) is 33.7. The molecule has 0 spiro atoms. The summed E-state index contributed by atoms with van der Waals surface area (Å²) < 4.78 is 75.3. The van der Waals surface area contributed by atoms with Crippen molar-refractivity contribution in [2.45, 2.75) is 49.8 Å². The average Bonchev–Trinajstić information content (AvgIpc) is 3.00. The molecule has 8 nitrogen and oxygen atoms in total. The van der Waals surface area contributed by atoms with Crippen LogP contribution in [0.25, 0.3) is 0 Å². The minimum absolute atomic E-state index is 0.0526. The molecule has 0 aliphatic carbocycles. The Balaban J connectivity index is 1.36. The number of aromatic nitrogens is 1. The molecule has 2 aliphatic rings. The van der Waals surface area contributed by atoms with E-state index in [2.05, 4.69) is 9.88 Å². The van der Waals surface area contributed by atoms with Crippen molar-refractivity contribution in [3.63, 3.8) is 0 Å². The van der Waals surface area contributed by atoms with Crippen LogP contribution in [0.3, 0.4) is 0 Å². The van der Waals surface area contributed by atoms with Gasteiger partial charge in [-0.25, -0.2) is 4.98 Å². The summed E-state index contributed by atoms with van der Waals surface area (Å²) in [6.45, 7) is 1.32. The predicted molar refractivity (Wildman–Crippen MR) is 154 cm³/mol. The lowest BCUT2D eigenvalue weighted by atomic mass is 9.81. The summed E-state index contributed by atoms with van der Waals surface area (Å²) in [6.07, 6.45) is -2.83. The van der Waals surface area contributed by atoms with Gasteiger partial charge in [-0.2, -0.15) is 22.0 Å². The Labute approximate surface area is 257 Å². The molecule has 1 aromatic heterocycles. The summed E-state index contributed by atoms with van der Waals surface area (Å²) in [4.78, 5) is 34.4. The van der Waals surface area contributed by atoms with Crippen molar-refractivity contribution in [3.8, 4) is 5.75 Å². The number of anilines is 1. The minimum atomic E-state index is -6.18. The molecule has 2 amide bonds. The van der Waals surface area contributed by atoms with E-state index in [1.807, 2.05) is 0 Å². The van der Waals surface area contributed by atoms with Crippen LogP contribution in [0.15, 0.2) is 36.4 Å². The number of hydrogen-bond acceptors (Lipinski definition) is 6. The maximum Gasteiger partial charge on any atom is 0.457 e. The molecule has 1 aromatic carbocycles. The van der Waals surface area contributed by atoms with Gasteiger partial charge in [-0.15, -0.1) is 0 Å². The van der Waals surface area contributed by atoms with E-state index in [4.69, 9.17) is 16.3 Å². The van der Waals surface area contributed by atoms with Crippen LogP contribution >= 0.6 is 11.6 Å². The highest BCUT2D eigenvalue weighted by atomic mass is 35.5. The number of rotatable bonds is 8. The summed E-state index contributed by atoms with van der Waals surface area (Å²) in [7, 11) is 4.46. The standard InChI is InChI=1S/C30H36ClF5N4O4/c1-38(2)26(41)23-7-8-24(37-25(23)31)39-13-9-19(10-14-39)17-20-11-15-40(16-12-20)27(42)28(43,29(32,33)30(34,35)36)21-5-4-6-22(18-21)44-3/h4-8,18-20,43H,9-17H2,1-3H3/t28-/m1/s1. The fourth-order valence-corrected chi connectivity index (χ4v) is 6.19. The topological polar surface area (TPSA) is 86.2 Å². The lowest BCUT2D eigenvalue weighted by molar-refractivity contribution is -0.339. The normalized spacial score (nSPS) is 18.6. The summed E-state index contributed by atoms with van der Waals surface area (Å²) in [6, 6.07) is 7.56. The molecule has 0 saturated carbocycles. The number of halogens is 6. The van der Waals surface area contributed by atoms with Crippen molar-refractivity contribution in [1.82, 2.24) is 14.8 Å². The average molecular weight is 647 g/mol. The van der Waals surface area contributed by atoms with E-state index in [9.17, 15) is 36.6 Å². The van der Waals surface area contributed by atoms with Gasteiger partial charge in [0.2, 0.25) is 5.60 Å². The zero-order valence-electron chi connectivity index (χ0n) is 24.7. The van der Waals surface area contributed by atoms with E-state index < -0.39 is 29.2 Å². The molecular formula is C30H36ClF5N4O4. The van der Waals surface area contributed by atoms with E-state index >= 15 is 0 Å². The van der Waals surface area contributed by atoms with E-state index in [0.717, 1.165) is 42.4 Å². The number of benzene rings is 1. The first-order valence-electron chi connectivity index (χ1n) is 14.3. The van der Waals surface area contributed by atoms with Crippen LogP contribution in [-0.2, 0) is 10.4 Å². The highest BCUT2D eigenvalue weighted by Crippen LogP contribution is 2.50. The van der Waals surface area contributed by atoms with Gasteiger partial charge in [0.1, 0.15) is 16.7 Å². The molecule has 4 rings (SSSR count). The number of piperidine rings is 2. The van der Waals surface area contributed by atoms with E-state index in [-0.39, 0.29) is 35.8 Å². The number of ether oxygens (including phenoxy) is 1. The molecule has 2 fully saturated rings. The number of aliphatic hydroxyl groups is 1. The largest absolute Gasteiger partial charge is 0.497 e. The molecule has 1 N–H and O–H groups in total. The van der Waals surface area contributed by atoms with Gasteiger partial charge in [0.05, 0.1) is 12.7 Å². The van der Waals surface area contributed by atoms with Gasteiger partial charge >= 0.3 is 12.1 Å². The molecule has 44 heavy (non-hydrogen) atoms. The van der Waals surface area contributed by atoms with Crippen molar-refractivity contribution in [1.29, 1.82) is 0 Å². The van der Waals surface area contributed by atoms with Crippen LogP contribution in [0.1, 0.15) is 48.0 Å². The third-order valence-corrected chi connectivity index (χ3v) is 8.87. The number of carbonyl (C=O) groups excluding carboxylic acids is 2. The van der Waals surface area contributed by atoms with Crippen molar-refractivity contribution >= 4 is 29.2 Å². The monoisotopic (exact) mass is 646 g/mol. The summed E-state index contributed by atoms with van der Waals surface area (Å²) in [5.74, 6) is -6.58. The van der Waals surface area contributed by atoms with E-state index in [1.165, 1.54) is 18.1 Å². The van der Waals surface area contributed by atoms with Crippen LogP contribution in [0.5, 0.6) is 5.75 Å². The molecule has 0 unspecified atom stereocenters. The molecule has 3 heterocycles. The number of methoxy groups -OCH3 is 1. The lowest BCUT2D eigenvalue weighted by Crippen LogP contribution is -2.63. The third kappa shape index (κ3) is 6.58. The Morgan fingerprint density at radius 2 is 1.59 bits per heavy atom. The Hall–Kier alpha value is -3.19. The van der Waals surface area contributed by atoms with Crippen LogP contribution in [-0.4, -0.2) is 91.2 Å². The van der Waals surface area contributed by atoms with Gasteiger partial charge in [0.15, 0.2) is 0 Å². The second-order valence-electron chi connectivity index (χ2n) is 11.6. The molecule has 1 atom stereocenters. The molecular weight excluding hydrogens is 611 g/mol. The zero-order chi connectivity index (χ0) is 32.4. The Morgan fingerprint density at radius 3 is 2.11 bits per heavy atom.